The van der Waals surface area contributed by atoms with Crippen LogP contribution in [-0.2, 0) is 21.1 Å². The molecule has 1 N–H and O–H groups in total. The van der Waals surface area contributed by atoms with E-state index in [1.165, 1.54) is 6.92 Å². The zero-order valence-electron chi connectivity index (χ0n) is 12.4. The normalized spacial score (nSPS) is 12.8. The van der Waals surface area contributed by atoms with Crippen molar-refractivity contribution in [2.75, 3.05) is 12.8 Å². The van der Waals surface area contributed by atoms with Gasteiger partial charge in [0.1, 0.15) is 10.3 Å². The molecule has 1 unspecified atom stereocenters. The summed E-state index contributed by atoms with van der Waals surface area (Å²) in [5, 5.41) is 4.50. The Morgan fingerprint density at radius 2 is 2.00 bits per heavy atom. The Balaban J connectivity index is 1.89. The highest BCUT2D eigenvalue weighted by molar-refractivity contribution is 7.92. The summed E-state index contributed by atoms with van der Waals surface area (Å²) in [6, 6.07) is 9.87. The van der Waals surface area contributed by atoms with Crippen LogP contribution in [0.5, 0.6) is 0 Å². The molecule has 0 radical (unpaired) electrons. The first-order chi connectivity index (χ1) is 10.4. The quantitative estimate of drug-likeness (QED) is 0.873. The number of aromatic nitrogens is 1. The SMILES string of the molecule is CC(C(=O)NCCc1csc(-c2ccccc2)n1)S(C)(=O)=O. The van der Waals surface area contributed by atoms with Crippen molar-refractivity contribution >= 4 is 27.1 Å². The molecular formula is C15H18N2O3S2. The van der Waals surface area contributed by atoms with E-state index < -0.39 is 21.0 Å². The fourth-order valence-electron chi connectivity index (χ4n) is 1.79. The molecule has 0 spiro atoms. The molecule has 1 amide bonds. The van der Waals surface area contributed by atoms with Crippen molar-refractivity contribution in [2.45, 2.75) is 18.6 Å². The van der Waals surface area contributed by atoms with E-state index in [1.807, 2.05) is 35.7 Å². The summed E-state index contributed by atoms with van der Waals surface area (Å²) in [5.41, 5.74) is 1.95. The van der Waals surface area contributed by atoms with Gasteiger partial charge in [-0.1, -0.05) is 30.3 Å². The average Bonchev–Trinajstić information content (AvgIpc) is 2.95. The number of hydrogen-bond donors (Lipinski definition) is 1. The van der Waals surface area contributed by atoms with Gasteiger partial charge in [-0.3, -0.25) is 4.79 Å². The maximum absolute atomic E-state index is 11.7. The van der Waals surface area contributed by atoms with Gasteiger partial charge in [-0.05, 0) is 6.92 Å². The van der Waals surface area contributed by atoms with E-state index in [9.17, 15) is 13.2 Å². The molecule has 0 bridgehead atoms. The van der Waals surface area contributed by atoms with Crippen molar-refractivity contribution in [3.63, 3.8) is 0 Å². The number of hydrogen-bond acceptors (Lipinski definition) is 5. The molecule has 0 saturated heterocycles. The first-order valence-corrected chi connectivity index (χ1v) is 9.68. The number of benzene rings is 1. The van der Waals surface area contributed by atoms with Crippen LogP contribution in [0, 0.1) is 0 Å². The van der Waals surface area contributed by atoms with Crippen molar-refractivity contribution in [1.82, 2.24) is 10.3 Å². The van der Waals surface area contributed by atoms with E-state index in [1.54, 1.807) is 11.3 Å². The standard InChI is InChI=1S/C15H18N2O3S2/c1-11(22(2,19)20)14(18)16-9-8-13-10-21-15(17-13)12-6-4-3-5-7-12/h3-7,10-11H,8-9H2,1-2H3,(H,16,18). The van der Waals surface area contributed by atoms with Crippen molar-refractivity contribution < 1.29 is 13.2 Å². The number of nitrogens with zero attached hydrogens (tertiary/aromatic N) is 1. The zero-order valence-corrected chi connectivity index (χ0v) is 14.1. The van der Waals surface area contributed by atoms with E-state index in [-0.39, 0.29) is 0 Å². The molecule has 7 heteroatoms. The third kappa shape index (κ3) is 4.38. The molecule has 1 atom stereocenters. The minimum atomic E-state index is -3.35. The molecule has 0 saturated carbocycles. The second-order valence-electron chi connectivity index (χ2n) is 5.02. The molecule has 118 valence electrons. The number of rotatable bonds is 6. The van der Waals surface area contributed by atoms with Crippen molar-refractivity contribution in [3.05, 3.63) is 41.4 Å². The van der Waals surface area contributed by atoms with Gasteiger partial charge < -0.3 is 5.32 Å². The second-order valence-corrected chi connectivity index (χ2v) is 8.25. The summed E-state index contributed by atoms with van der Waals surface area (Å²) in [4.78, 5) is 16.2. The predicted octanol–water partition coefficient (Wildman–Crippen LogP) is 1.90. The first kappa shape index (κ1) is 16.6. The Labute approximate surface area is 134 Å². The van der Waals surface area contributed by atoms with Crippen LogP contribution in [0.1, 0.15) is 12.6 Å². The Bertz CT molecular complexity index is 739. The molecule has 0 aliphatic heterocycles. The fourth-order valence-corrected chi connectivity index (χ4v) is 3.12. The highest BCUT2D eigenvalue weighted by Crippen LogP contribution is 2.23. The summed E-state index contributed by atoms with van der Waals surface area (Å²) < 4.78 is 22.6. The fraction of sp³-hybridized carbons (Fsp3) is 0.333. The average molecular weight is 338 g/mol. The first-order valence-electron chi connectivity index (χ1n) is 6.84. The number of nitrogens with one attached hydrogen (secondary N) is 1. The summed E-state index contributed by atoms with van der Waals surface area (Å²) >= 11 is 1.55. The van der Waals surface area contributed by atoms with Gasteiger partial charge in [0.2, 0.25) is 5.91 Å². The van der Waals surface area contributed by atoms with Crippen LogP contribution < -0.4 is 5.32 Å². The molecule has 5 nitrogen and oxygen atoms in total. The van der Waals surface area contributed by atoms with Gasteiger partial charge in [0.05, 0.1) is 5.69 Å². The van der Waals surface area contributed by atoms with E-state index in [0.29, 0.717) is 13.0 Å². The Morgan fingerprint density at radius 1 is 1.32 bits per heavy atom. The Morgan fingerprint density at radius 3 is 2.64 bits per heavy atom. The topological polar surface area (TPSA) is 76.1 Å². The third-order valence-electron chi connectivity index (χ3n) is 3.26. The maximum atomic E-state index is 11.7. The van der Waals surface area contributed by atoms with Gasteiger partial charge in [-0.25, -0.2) is 13.4 Å². The molecule has 0 aliphatic carbocycles. The Kier molecular flexibility index (Phi) is 5.31. The summed E-state index contributed by atoms with van der Waals surface area (Å²) in [5.74, 6) is -0.471. The van der Waals surface area contributed by atoms with Crippen molar-refractivity contribution in [3.8, 4) is 10.6 Å². The van der Waals surface area contributed by atoms with Crippen LogP contribution in [0.15, 0.2) is 35.7 Å². The number of thiazole rings is 1. The van der Waals surface area contributed by atoms with E-state index in [0.717, 1.165) is 22.5 Å². The van der Waals surface area contributed by atoms with E-state index in [4.69, 9.17) is 0 Å². The van der Waals surface area contributed by atoms with Crippen LogP contribution >= 0.6 is 11.3 Å². The molecule has 1 aromatic heterocycles. The van der Waals surface area contributed by atoms with E-state index >= 15 is 0 Å². The van der Waals surface area contributed by atoms with Crippen molar-refractivity contribution in [2.24, 2.45) is 0 Å². The monoisotopic (exact) mass is 338 g/mol. The van der Waals surface area contributed by atoms with Gasteiger partial charge >= 0.3 is 0 Å². The van der Waals surface area contributed by atoms with Gasteiger partial charge in [-0.2, -0.15) is 0 Å². The van der Waals surface area contributed by atoms with Crippen LogP contribution in [0.25, 0.3) is 10.6 Å². The maximum Gasteiger partial charge on any atom is 0.238 e. The minimum absolute atomic E-state index is 0.372. The van der Waals surface area contributed by atoms with Gasteiger partial charge in [0.25, 0.3) is 0 Å². The summed E-state index contributed by atoms with van der Waals surface area (Å²) in [6.45, 7) is 1.76. The second kappa shape index (κ2) is 7.02. The molecule has 2 aromatic rings. The van der Waals surface area contributed by atoms with Crippen LogP contribution in [0.4, 0.5) is 0 Å². The van der Waals surface area contributed by atoms with E-state index in [2.05, 4.69) is 10.3 Å². The molecule has 1 aromatic carbocycles. The highest BCUT2D eigenvalue weighted by Gasteiger charge is 2.22. The molecule has 2 rings (SSSR count). The number of carbonyl (C=O) groups excluding carboxylic acids is 1. The lowest BCUT2D eigenvalue weighted by molar-refractivity contribution is -0.120. The lowest BCUT2D eigenvalue weighted by atomic mass is 10.2. The highest BCUT2D eigenvalue weighted by atomic mass is 32.2. The zero-order chi connectivity index (χ0) is 16.2. The van der Waals surface area contributed by atoms with Crippen LogP contribution in [-0.4, -0.2) is 37.4 Å². The van der Waals surface area contributed by atoms with Crippen LogP contribution in [0.2, 0.25) is 0 Å². The van der Waals surface area contributed by atoms with Gasteiger partial charge in [-0.15, -0.1) is 11.3 Å². The van der Waals surface area contributed by atoms with Crippen molar-refractivity contribution in [1.29, 1.82) is 0 Å². The lowest BCUT2D eigenvalue weighted by Crippen LogP contribution is -2.38. The number of carbonyl (C=O) groups is 1. The minimum Gasteiger partial charge on any atom is -0.355 e. The van der Waals surface area contributed by atoms with Gasteiger partial charge in [0.15, 0.2) is 9.84 Å². The lowest BCUT2D eigenvalue weighted by Gasteiger charge is -2.09. The molecule has 0 aliphatic rings. The Hall–Kier alpha value is -1.73. The number of amides is 1. The third-order valence-corrected chi connectivity index (χ3v) is 5.70. The molecule has 1 heterocycles. The predicted molar refractivity (Wildman–Crippen MR) is 88.6 cm³/mol. The number of sulfone groups is 1. The molecule has 0 fully saturated rings. The molecular weight excluding hydrogens is 320 g/mol. The smallest absolute Gasteiger partial charge is 0.238 e. The summed E-state index contributed by atoms with van der Waals surface area (Å²) in [6.07, 6.45) is 1.63. The van der Waals surface area contributed by atoms with Gasteiger partial charge in [0, 0.05) is 30.2 Å². The largest absolute Gasteiger partial charge is 0.355 e. The summed E-state index contributed by atoms with van der Waals surface area (Å²) in [7, 11) is -3.35. The van der Waals surface area contributed by atoms with Crippen LogP contribution in [0.3, 0.4) is 0 Å². The molecule has 22 heavy (non-hydrogen) atoms.